The van der Waals surface area contributed by atoms with Crippen LogP contribution in [0.2, 0.25) is 0 Å². The van der Waals surface area contributed by atoms with Crippen molar-refractivity contribution in [2.24, 2.45) is 0 Å². The standard InChI is InChI=1S/2C8H12N2.2H3N.H2O/c2*1-3-7-5-6-9-8(4-2)10-7;;;/h2*5-6H,3-4H2,1-2H3;2*1H3;1H2. The Morgan fingerprint density at radius 2 is 1.00 bits per heavy atom. The molecule has 0 aliphatic carbocycles. The van der Waals surface area contributed by atoms with Gasteiger partial charge in [0.2, 0.25) is 0 Å². The van der Waals surface area contributed by atoms with Crippen molar-refractivity contribution >= 4 is 0 Å². The zero-order valence-electron chi connectivity index (χ0n) is 14.8. The summed E-state index contributed by atoms with van der Waals surface area (Å²) < 4.78 is 0. The molecule has 0 fully saturated rings. The summed E-state index contributed by atoms with van der Waals surface area (Å²) in [4.78, 5) is 16.8. The van der Waals surface area contributed by atoms with Crippen LogP contribution < -0.4 is 12.3 Å². The van der Waals surface area contributed by atoms with Crippen LogP contribution in [0.15, 0.2) is 24.5 Å². The van der Waals surface area contributed by atoms with E-state index in [1.165, 1.54) is 0 Å². The van der Waals surface area contributed by atoms with E-state index in [1.54, 1.807) is 0 Å². The van der Waals surface area contributed by atoms with Gasteiger partial charge in [-0.25, -0.2) is 19.9 Å². The molecule has 0 radical (unpaired) electrons. The van der Waals surface area contributed by atoms with Crippen molar-refractivity contribution in [2.75, 3.05) is 0 Å². The van der Waals surface area contributed by atoms with Gasteiger partial charge in [0.1, 0.15) is 11.6 Å². The zero-order chi connectivity index (χ0) is 14.8. The van der Waals surface area contributed by atoms with Gasteiger partial charge in [-0.1, -0.05) is 27.7 Å². The molecule has 2 heterocycles. The van der Waals surface area contributed by atoms with E-state index in [1.807, 2.05) is 24.5 Å². The summed E-state index contributed by atoms with van der Waals surface area (Å²) in [5.74, 6) is 1.89. The molecule has 7 heteroatoms. The minimum absolute atomic E-state index is 0. The van der Waals surface area contributed by atoms with E-state index in [9.17, 15) is 0 Å². The van der Waals surface area contributed by atoms with Crippen molar-refractivity contribution in [3.63, 3.8) is 0 Å². The van der Waals surface area contributed by atoms with Crippen LogP contribution in [0.25, 0.3) is 0 Å². The molecule has 0 saturated carbocycles. The highest BCUT2D eigenvalue weighted by Crippen LogP contribution is 1.96. The molecule has 2 aromatic rings. The molecule has 0 aliphatic heterocycles. The van der Waals surface area contributed by atoms with Gasteiger partial charge in [0.25, 0.3) is 0 Å². The molecular formula is C16H32N6O. The highest BCUT2D eigenvalue weighted by Gasteiger charge is 1.93. The SMILES string of the molecule is CCc1ccnc(CC)n1.CCc1ccnc(CC)n1.N.N.O. The van der Waals surface area contributed by atoms with Gasteiger partial charge in [0.05, 0.1) is 0 Å². The summed E-state index contributed by atoms with van der Waals surface area (Å²) >= 11 is 0. The van der Waals surface area contributed by atoms with Gasteiger partial charge < -0.3 is 17.8 Å². The Hall–Kier alpha value is -1.96. The van der Waals surface area contributed by atoms with E-state index >= 15 is 0 Å². The topological polar surface area (TPSA) is 153 Å². The van der Waals surface area contributed by atoms with Crippen molar-refractivity contribution < 1.29 is 5.48 Å². The average Bonchev–Trinajstić information content (AvgIpc) is 2.55. The fourth-order valence-electron chi connectivity index (χ4n) is 1.62. The van der Waals surface area contributed by atoms with E-state index in [2.05, 4.69) is 47.6 Å². The summed E-state index contributed by atoms with van der Waals surface area (Å²) in [6.07, 6.45) is 7.49. The van der Waals surface area contributed by atoms with Gasteiger partial charge in [0, 0.05) is 36.6 Å². The Bertz CT molecular complexity index is 435. The first-order valence-corrected chi connectivity index (χ1v) is 7.34. The second kappa shape index (κ2) is 15.0. The Balaban J connectivity index is -0.000000308. The highest BCUT2D eigenvalue weighted by molar-refractivity contribution is 5.02. The second-order valence-corrected chi connectivity index (χ2v) is 4.34. The summed E-state index contributed by atoms with van der Waals surface area (Å²) in [7, 11) is 0. The lowest BCUT2D eigenvalue weighted by Gasteiger charge is -1.96. The highest BCUT2D eigenvalue weighted by atomic mass is 16.0. The summed E-state index contributed by atoms with van der Waals surface area (Å²) in [6.45, 7) is 8.33. The summed E-state index contributed by atoms with van der Waals surface area (Å²) in [6, 6.07) is 3.92. The molecule has 0 spiro atoms. The molecule has 0 aromatic carbocycles. The van der Waals surface area contributed by atoms with E-state index in [-0.39, 0.29) is 17.8 Å². The van der Waals surface area contributed by atoms with Crippen molar-refractivity contribution in [1.29, 1.82) is 0 Å². The third kappa shape index (κ3) is 9.62. The first-order valence-electron chi connectivity index (χ1n) is 7.34. The van der Waals surface area contributed by atoms with E-state index < -0.39 is 0 Å². The van der Waals surface area contributed by atoms with E-state index in [0.717, 1.165) is 48.7 Å². The van der Waals surface area contributed by atoms with Crippen LogP contribution in [-0.4, -0.2) is 25.4 Å². The van der Waals surface area contributed by atoms with Gasteiger partial charge in [-0.05, 0) is 25.0 Å². The van der Waals surface area contributed by atoms with Crippen molar-refractivity contribution in [1.82, 2.24) is 32.2 Å². The van der Waals surface area contributed by atoms with Crippen molar-refractivity contribution in [3.05, 3.63) is 47.6 Å². The third-order valence-electron chi connectivity index (χ3n) is 2.88. The van der Waals surface area contributed by atoms with Crippen LogP contribution in [0.3, 0.4) is 0 Å². The number of rotatable bonds is 4. The molecular weight excluding hydrogens is 292 g/mol. The maximum atomic E-state index is 4.30. The van der Waals surface area contributed by atoms with Crippen LogP contribution in [0.5, 0.6) is 0 Å². The third-order valence-corrected chi connectivity index (χ3v) is 2.88. The molecule has 132 valence electrons. The molecule has 0 aliphatic rings. The largest absolute Gasteiger partial charge is 0.412 e. The van der Waals surface area contributed by atoms with Gasteiger partial charge >= 0.3 is 0 Å². The summed E-state index contributed by atoms with van der Waals surface area (Å²) in [5, 5.41) is 0. The number of aryl methyl sites for hydroxylation is 4. The zero-order valence-corrected chi connectivity index (χ0v) is 14.8. The maximum absolute atomic E-state index is 4.30. The Morgan fingerprint density at radius 1 is 0.652 bits per heavy atom. The van der Waals surface area contributed by atoms with Gasteiger partial charge in [0.15, 0.2) is 0 Å². The molecule has 2 rings (SSSR count). The maximum Gasteiger partial charge on any atom is 0.128 e. The van der Waals surface area contributed by atoms with Crippen LogP contribution in [0.4, 0.5) is 0 Å². The Labute approximate surface area is 139 Å². The van der Waals surface area contributed by atoms with E-state index in [0.29, 0.717) is 0 Å². The number of nitrogens with zero attached hydrogens (tertiary/aromatic N) is 4. The average molecular weight is 324 g/mol. The first-order chi connectivity index (χ1) is 9.73. The van der Waals surface area contributed by atoms with Gasteiger partial charge in [-0.2, -0.15) is 0 Å². The fraction of sp³-hybridized carbons (Fsp3) is 0.500. The molecule has 0 saturated heterocycles. The van der Waals surface area contributed by atoms with E-state index in [4.69, 9.17) is 0 Å². The molecule has 0 amide bonds. The summed E-state index contributed by atoms with van der Waals surface area (Å²) in [5.41, 5.74) is 2.26. The smallest absolute Gasteiger partial charge is 0.128 e. The molecule has 0 unspecified atom stereocenters. The van der Waals surface area contributed by atoms with Crippen LogP contribution in [0, 0.1) is 0 Å². The number of hydrogen-bond acceptors (Lipinski definition) is 6. The quantitative estimate of drug-likeness (QED) is 0.881. The number of hydrogen-bond donors (Lipinski definition) is 2. The fourth-order valence-corrected chi connectivity index (χ4v) is 1.62. The van der Waals surface area contributed by atoms with Crippen molar-refractivity contribution in [3.8, 4) is 0 Å². The Morgan fingerprint density at radius 3 is 1.26 bits per heavy atom. The normalized spacial score (nSPS) is 8.52. The van der Waals surface area contributed by atoms with Gasteiger partial charge in [-0.15, -0.1) is 0 Å². The lowest BCUT2D eigenvalue weighted by Crippen LogP contribution is -1.95. The lowest BCUT2D eigenvalue weighted by atomic mass is 10.3. The molecule has 23 heavy (non-hydrogen) atoms. The molecule has 0 atom stereocenters. The van der Waals surface area contributed by atoms with Crippen LogP contribution in [0.1, 0.15) is 50.7 Å². The van der Waals surface area contributed by atoms with Crippen LogP contribution >= 0.6 is 0 Å². The van der Waals surface area contributed by atoms with Crippen LogP contribution in [-0.2, 0) is 25.7 Å². The predicted molar refractivity (Wildman–Crippen MR) is 95.2 cm³/mol. The Kier molecular flexibility index (Phi) is 16.9. The number of aromatic nitrogens is 4. The predicted octanol–water partition coefficient (Wildman–Crippen LogP) is 2.70. The molecule has 8 N–H and O–H groups in total. The van der Waals surface area contributed by atoms with Crippen molar-refractivity contribution in [2.45, 2.75) is 53.4 Å². The molecule has 7 nitrogen and oxygen atoms in total. The molecule has 2 aromatic heterocycles. The van der Waals surface area contributed by atoms with Gasteiger partial charge in [-0.3, -0.25) is 0 Å². The minimum Gasteiger partial charge on any atom is -0.412 e. The second-order valence-electron chi connectivity index (χ2n) is 4.34. The first kappa shape index (κ1) is 26.0. The lowest BCUT2D eigenvalue weighted by molar-refractivity contribution is 0.824. The molecule has 0 bridgehead atoms. The minimum atomic E-state index is 0. The monoisotopic (exact) mass is 324 g/mol.